The second-order valence-electron chi connectivity index (χ2n) is 9.31. The predicted octanol–water partition coefficient (Wildman–Crippen LogP) is 3.42. The molecule has 2 amide bonds. The predicted molar refractivity (Wildman–Crippen MR) is 136 cm³/mol. The Morgan fingerprint density at radius 1 is 1.17 bits per heavy atom. The Morgan fingerprint density at radius 2 is 1.92 bits per heavy atom. The van der Waals surface area contributed by atoms with Crippen LogP contribution >= 0.6 is 0 Å². The lowest BCUT2D eigenvalue weighted by molar-refractivity contribution is -0.119. The molecule has 0 unspecified atom stereocenters. The highest BCUT2D eigenvalue weighted by atomic mass is 19.1. The second kappa shape index (κ2) is 12.8. The van der Waals surface area contributed by atoms with Gasteiger partial charge in [0.2, 0.25) is 5.91 Å². The molecule has 196 valence electrons. The fourth-order valence-corrected chi connectivity index (χ4v) is 4.32. The van der Waals surface area contributed by atoms with Crippen LogP contribution in [-0.2, 0) is 20.8 Å². The number of hydrogen-bond acceptors (Lipinski definition) is 6. The van der Waals surface area contributed by atoms with Gasteiger partial charge in [0.25, 0.3) is 5.91 Å². The first-order valence-corrected chi connectivity index (χ1v) is 12.0. The number of carbonyl (C=O) groups is 2. The molecule has 0 bridgehead atoms. The summed E-state index contributed by atoms with van der Waals surface area (Å²) in [5, 5.41) is 2.75. The molecule has 2 aromatic carbocycles. The Labute approximate surface area is 212 Å². The molecular weight excluding hydrogens is 465 g/mol. The first-order chi connectivity index (χ1) is 17.2. The number of nitrogens with zero attached hydrogens (tertiary/aromatic N) is 2. The highest BCUT2D eigenvalue weighted by molar-refractivity contribution is 5.98. The molecule has 3 rings (SSSR count). The first-order valence-electron chi connectivity index (χ1n) is 12.0. The van der Waals surface area contributed by atoms with Crippen molar-refractivity contribution in [3.05, 3.63) is 59.4 Å². The summed E-state index contributed by atoms with van der Waals surface area (Å²) in [4.78, 5) is 29.1. The van der Waals surface area contributed by atoms with E-state index in [1.165, 1.54) is 13.2 Å². The lowest BCUT2D eigenvalue weighted by Crippen LogP contribution is -2.46. The van der Waals surface area contributed by atoms with Gasteiger partial charge in [-0.3, -0.25) is 14.5 Å². The summed E-state index contributed by atoms with van der Waals surface area (Å²) in [6, 6.07) is 11.6. The molecule has 9 heteroatoms. The highest BCUT2D eigenvalue weighted by Crippen LogP contribution is 2.27. The summed E-state index contributed by atoms with van der Waals surface area (Å²) in [7, 11) is 4.81. The Balaban J connectivity index is 1.94. The van der Waals surface area contributed by atoms with Gasteiger partial charge in [-0.05, 0) is 31.0 Å². The largest absolute Gasteiger partial charge is 0.491 e. The van der Waals surface area contributed by atoms with Gasteiger partial charge in [0.1, 0.15) is 24.8 Å². The maximum atomic E-state index is 14.5. The van der Waals surface area contributed by atoms with Crippen LogP contribution in [0.1, 0.15) is 29.8 Å². The number of ether oxygens (including phenoxy) is 3. The van der Waals surface area contributed by atoms with Crippen molar-refractivity contribution in [2.24, 2.45) is 5.92 Å². The minimum Gasteiger partial charge on any atom is -0.491 e. The number of carbonyl (C=O) groups excluding carboxylic acids is 2. The van der Waals surface area contributed by atoms with E-state index in [1.54, 1.807) is 49.4 Å². The van der Waals surface area contributed by atoms with Gasteiger partial charge in [0.15, 0.2) is 0 Å². The summed E-state index contributed by atoms with van der Waals surface area (Å²) in [5.41, 5.74) is 1.49. The number of benzene rings is 2. The zero-order valence-corrected chi connectivity index (χ0v) is 21.6. The second-order valence-corrected chi connectivity index (χ2v) is 9.31. The van der Waals surface area contributed by atoms with Crippen LogP contribution in [0, 0.1) is 11.7 Å². The van der Waals surface area contributed by atoms with E-state index < -0.39 is 0 Å². The molecule has 0 saturated heterocycles. The number of methoxy groups -OCH3 is 2. The minimum atomic E-state index is -0.310. The molecule has 0 spiro atoms. The zero-order chi connectivity index (χ0) is 26.2. The van der Waals surface area contributed by atoms with Gasteiger partial charge in [-0.1, -0.05) is 25.1 Å². The van der Waals surface area contributed by atoms with Crippen LogP contribution < -0.4 is 10.1 Å². The number of rotatable bonds is 6. The quantitative estimate of drug-likeness (QED) is 0.654. The maximum absolute atomic E-state index is 14.5. The molecule has 1 heterocycles. The normalized spacial score (nSPS) is 21.7. The van der Waals surface area contributed by atoms with Crippen molar-refractivity contribution < 1.29 is 28.2 Å². The van der Waals surface area contributed by atoms with E-state index in [9.17, 15) is 14.0 Å². The molecule has 8 nitrogen and oxygen atoms in total. The van der Waals surface area contributed by atoms with Crippen LogP contribution in [-0.4, -0.2) is 81.3 Å². The lowest BCUT2D eigenvalue weighted by atomic mass is 10.0. The molecule has 0 saturated carbocycles. The van der Waals surface area contributed by atoms with E-state index in [-0.39, 0.29) is 48.9 Å². The molecule has 3 atom stereocenters. The Hall–Kier alpha value is -3.01. The molecule has 2 aromatic rings. The van der Waals surface area contributed by atoms with Gasteiger partial charge < -0.3 is 24.4 Å². The third kappa shape index (κ3) is 7.02. The van der Waals surface area contributed by atoms with Crippen molar-refractivity contribution in [1.29, 1.82) is 0 Å². The summed E-state index contributed by atoms with van der Waals surface area (Å²) < 4.78 is 31.3. The number of amides is 2. The number of halogens is 1. The average Bonchev–Trinajstić information content (AvgIpc) is 2.85. The van der Waals surface area contributed by atoms with Gasteiger partial charge in [0, 0.05) is 64.3 Å². The molecule has 1 aliphatic rings. The molecule has 0 aromatic heterocycles. The fourth-order valence-electron chi connectivity index (χ4n) is 4.32. The van der Waals surface area contributed by atoms with Gasteiger partial charge >= 0.3 is 0 Å². The number of anilines is 1. The van der Waals surface area contributed by atoms with Gasteiger partial charge in [-0.2, -0.15) is 0 Å². The van der Waals surface area contributed by atoms with Crippen LogP contribution in [0.15, 0.2) is 42.5 Å². The van der Waals surface area contributed by atoms with E-state index in [4.69, 9.17) is 14.2 Å². The monoisotopic (exact) mass is 501 g/mol. The number of likely N-dealkylation sites (N-methyl/N-ethyl adjacent to an activating group) is 1. The van der Waals surface area contributed by atoms with Crippen LogP contribution in [0.2, 0.25) is 0 Å². The topological polar surface area (TPSA) is 80.3 Å². The van der Waals surface area contributed by atoms with Crippen molar-refractivity contribution in [2.75, 3.05) is 52.9 Å². The highest BCUT2D eigenvalue weighted by Gasteiger charge is 2.29. The van der Waals surface area contributed by atoms with E-state index >= 15 is 0 Å². The van der Waals surface area contributed by atoms with E-state index in [1.807, 2.05) is 13.0 Å². The third-order valence-corrected chi connectivity index (χ3v) is 6.47. The zero-order valence-electron chi connectivity index (χ0n) is 21.6. The minimum absolute atomic E-state index is 0.0664. The number of hydrogen-bond donors (Lipinski definition) is 1. The summed E-state index contributed by atoms with van der Waals surface area (Å²) >= 11 is 0. The summed E-state index contributed by atoms with van der Waals surface area (Å²) in [5.74, 6) is -0.334. The number of fused-ring (bicyclic) bond motifs is 1. The van der Waals surface area contributed by atoms with Gasteiger partial charge in [-0.15, -0.1) is 0 Å². The van der Waals surface area contributed by atoms with Crippen molar-refractivity contribution in [3.63, 3.8) is 0 Å². The van der Waals surface area contributed by atoms with Crippen molar-refractivity contribution >= 4 is 17.5 Å². The SMILES string of the molecule is COCC(=O)Nc1ccc2c(c1)OC[C@@H](C)N(Cc1ccccc1F)C[C@@H](C)[C@@H](OC)CN(C)C2=O. The average molecular weight is 502 g/mol. The molecule has 1 aliphatic heterocycles. The van der Waals surface area contributed by atoms with Crippen molar-refractivity contribution in [1.82, 2.24) is 9.80 Å². The molecule has 36 heavy (non-hydrogen) atoms. The molecule has 0 fully saturated rings. The van der Waals surface area contributed by atoms with Crippen molar-refractivity contribution in [3.8, 4) is 5.75 Å². The van der Waals surface area contributed by atoms with Gasteiger partial charge in [0.05, 0.1) is 11.7 Å². The standard InChI is InChI=1S/C27H36FN3O5/c1-18-13-31(14-20-8-6-7-9-23(20)28)19(2)16-36-24-12-21(29-26(32)17-34-4)10-11-22(24)27(33)30(3)15-25(18)35-5/h6-12,18-19,25H,13-17H2,1-5H3,(H,29,32)/t18-,19-,25+/m1/s1. The summed E-state index contributed by atoms with van der Waals surface area (Å²) in [6.07, 6.45) is -0.217. The van der Waals surface area contributed by atoms with Crippen LogP contribution in [0.4, 0.5) is 10.1 Å². The Bertz CT molecular complexity index is 1050. The fraction of sp³-hybridized carbons (Fsp3) is 0.481. The van der Waals surface area contributed by atoms with Crippen molar-refractivity contribution in [2.45, 2.75) is 32.5 Å². The van der Waals surface area contributed by atoms with Gasteiger partial charge in [-0.25, -0.2) is 4.39 Å². The third-order valence-electron chi connectivity index (χ3n) is 6.47. The Morgan fingerprint density at radius 3 is 2.61 bits per heavy atom. The summed E-state index contributed by atoms with van der Waals surface area (Å²) in [6.45, 7) is 5.68. The van der Waals surface area contributed by atoms with E-state index in [0.29, 0.717) is 42.2 Å². The van der Waals surface area contributed by atoms with Crippen LogP contribution in [0.5, 0.6) is 5.75 Å². The van der Waals surface area contributed by atoms with Crippen LogP contribution in [0.3, 0.4) is 0 Å². The molecular formula is C27H36FN3O5. The van der Waals surface area contributed by atoms with E-state index in [0.717, 1.165) is 0 Å². The lowest BCUT2D eigenvalue weighted by Gasteiger charge is -2.36. The Kier molecular flexibility index (Phi) is 9.81. The molecule has 0 radical (unpaired) electrons. The van der Waals surface area contributed by atoms with Crippen LogP contribution in [0.25, 0.3) is 0 Å². The first kappa shape index (κ1) is 27.6. The van der Waals surface area contributed by atoms with E-state index in [2.05, 4.69) is 17.1 Å². The maximum Gasteiger partial charge on any atom is 0.257 e. The number of nitrogens with one attached hydrogen (secondary N) is 1. The molecule has 0 aliphatic carbocycles. The molecule has 1 N–H and O–H groups in total. The smallest absolute Gasteiger partial charge is 0.257 e.